The number of likely N-dealkylation sites (tertiary alicyclic amines) is 2. The molecule has 2 nitrogen and oxygen atoms in total. The van der Waals surface area contributed by atoms with Crippen molar-refractivity contribution < 1.29 is 0 Å². The number of nitrogens with zero attached hydrogens (tertiary/aromatic N) is 2. The highest BCUT2D eigenvalue weighted by Gasteiger charge is 2.41. The van der Waals surface area contributed by atoms with E-state index < -0.39 is 0 Å². The van der Waals surface area contributed by atoms with Gasteiger partial charge < -0.3 is 0 Å². The van der Waals surface area contributed by atoms with E-state index in [1.54, 1.807) is 0 Å². The first kappa shape index (κ1) is 13.8. The zero-order chi connectivity index (χ0) is 14.1. The van der Waals surface area contributed by atoms with Crippen molar-refractivity contribution in [3.63, 3.8) is 0 Å². The van der Waals surface area contributed by atoms with Gasteiger partial charge in [0.25, 0.3) is 0 Å². The Morgan fingerprint density at radius 1 is 0.810 bits per heavy atom. The molecule has 3 aliphatic rings. The smallest absolute Gasteiger partial charge is 0.0233 e. The van der Waals surface area contributed by atoms with Crippen LogP contribution in [0.3, 0.4) is 0 Å². The first-order chi connectivity index (χ1) is 10.4. The highest BCUT2D eigenvalue weighted by Crippen LogP contribution is 2.35. The first-order valence-corrected chi connectivity index (χ1v) is 8.89. The van der Waals surface area contributed by atoms with Gasteiger partial charge >= 0.3 is 0 Å². The number of benzene rings is 1. The molecule has 1 aromatic rings. The molecule has 0 spiro atoms. The van der Waals surface area contributed by atoms with Crippen LogP contribution in [0.25, 0.3) is 0 Å². The molecule has 0 radical (unpaired) electrons. The lowest BCUT2D eigenvalue weighted by atomic mass is 9.94. The van der Waals surface area contributed by atoms with Crippen LogP contribution >= 0.6 is 0 Å². The van der Waals surface area contributed by atoms with Gasteiger partial charge in [-0.2, -0.15) is 0 Å². The summed E-state index contributed by atoms with van der Waals surface area (Å²) in [6, 6.07) is 11.9. The van der Waals surface area contributed by atoms with Crippen LogP contribution in [0.4, 0.5) is 0 Å². The maximum absolute atomic E-state index is 2.84. The number of hydrogen-bond donors (Lipinski definition) is 0. The molecule has 2 heteroatoms. The van der Waals surface area contributed by atoms with Crippen LogP contribution in [0.5, 0.6) is 0 Å². The molecule has 0 aromatic heterocycles. The molecule has 3 fully saturated rings. The molecule has 2 atom stereocenters. The van der Waals surface area contributed by atoms with E-state index in [-0.39, 0.29) is 0 Å². The lowest BCUT2D eigenvalue weighted by Crippen LogP contribution is -2.37. The lowest BCUT2D eigenvalue weighted by Gasteiger charge is -2.32. The first-order valence-electron chi connectivity index (χ1n) is 8.89. The van der Waals surface area contributed by atoms with Crippen LogP contribution in [-0.2, 0) is 6.54 Å². The van der Waals surface area contributed by atoms with Crippen molar-refractivity contribution in [2.45, 2.75) is 44.7 Å². The van der Waals surface area contributed by atoms with E-state index in [2.05, 4.69) is 40.1 Å². The minimum Gasteiger partial charge on any atom is -0.300 e. The fourth-order valence-corrected chi connectivity index (χ4v) is 4.84. The summed E-state index contributed by atoms with van der Waals surface area (Å²) in [6.45, 7) is 6.55. The molecule has 1 saturated carbocycles. The van der Waals surface area contributed by atoms with Crippen LogP contribution in [0.15, 0.2) is 30.3 Å². The van der Waals surface area contributed by atoms with E-state index >= 15 is 0 Å². The Hall–Kier alpha value is -0.860. The summed E-state index contributed by atoms with van der Waals surface area (Å²) in [5.74, 6) is 1.88. The van der Waals surface area contributed by atoms with E-state index in [9.17, 15) is 0 Å². The minimum absolute atomic E-state index is 0.923. The Morgan fingerprint density at radius 3 is 2.14 bits per heavy atom. The third kappa shape index (κ3) is 3.02. The third-order valence-electron chi connectivity index (χ3n) is 5.93. The van der Waals surface area contributed by atoms with Gasteiger partial charge in [-0.15, -0.1) is 0 Å². The summed E-state index contributed by atoms with van der Waals surface area (Å²) < 4.78 is 0. The van der Waals surface area contributed by atoms with E-state index in [1.807, 2.05) is 0 Å². The predicted molar refractivity (Wildman–Crippen MR) is 87.1 cm³/mol. The second-order valence-electron chi connectivity index (χ2n) is 7.45. The topological polar surface area (TPSA) is 6.48 Å². The molecule has 0 amide bonds. The van der Waals surface area contributed by atoms with E-state index in [0.717, 1.165) is 24.4 Å². The van der Waals surface area contributed by atoms with Gasteiger partial charge in [0.1, 0.15) is 0 Å². The van der Waals surface area contributed by atoms with Crippen LogP contribution in [0, 0.1) is 11.8 Å². The monoisotopic (exact) mass is 284 g/mol. The fraction of sp³-hybridized carbons (Fsp3) is 0.684. The Balaban J connectivity index is 1.31. The largest absolute Gasteiger partial charge is 0.300 e. The Bertz CT molecular complexity index is 438. The summed E-state index contributed by atoms with van der Waals surface area (Å²) in [7, 11) is 0. The maximum atomic E-state index is 2.84. The SMILES string of the molecule is c1ccc(CN2CC3CN(C4CCCCC4)CC3C2)cc1. The van der Waals surface area contributed by atoms with Crippen molar-refractivity contribution in [2.24, 2.45) is 11.8 Å². The normalized spacial score (nSPS) is 31.6. The molecule has 2 heterocycles. The van der Waals surface area contributed by atoms with E-state index in [4.69, 9.17) is 0 Å². The van der Waals surface area contributed by atoms with Crippen molar-refractivity contribution in [1.29, 1.82) is 0 Å². The van der Waals surface area contributed by atoms with Crippen LogP contribution in [-0.4, -0.2) is 42.0 Å². The zero-order valence-corrected chi connectivity index (χ0v) is 13.1. The van der Waals surface area contributed by atoms with Gasteiger partial charge in [0, 0.05) is 38.8 Å². The van der Waals surface area contributed by atoms with Crippen LogP contribution in [0.2, 0.25) is 0 Å². The lowest BCUT2D eigenvalue weighted by molar-refractivity contribution is 0.165. The number of fused-ring (bicyclic) bond motifs is 1. The molecule has 2 saturated heterocycles. The summed E-state index contributed by atoms with van der Waals surface area (Å²) in [5.41, 5.74) is 1.47. The average molecular weight is 284 g/mol. The van der Waals surface area contributed by atoms with Gasteiger partial charge in [0.2, 0.25) is 0 Å². The van der Waals surface area contributed by atoms with Gasteiger partial charge in [-0.3, -0.25) is 9.80 Å². The summed E-state index contributed by atoms with van der Waals surface area (Å²) in [6.07, 6.45) is 7.34. The second kappa shape index (κ2) is 6.10. The van der Waals surface area contributed by atoms with Crippen LogP contribution in [0.1, 0.15) is 37.7 Å². The predicted octanol–water partition coefficient (Wildman–Crippen LogP) is 3.38. The average Bonchev–Trinajstić information content (AvgIpc) is 3.07. The Kier molecular flexibility index (Phi) is 4.00. The summed E-state index contributed by atoms with van der Waals surface area (Å²) in [5, 5.41) is 0. The van der Waals surface area contributed by atoms with Crippen molar-refractivity contribution in [2.75, 3.05) is 26.2 Å². The summed E-state index contributed by atoms with van der Waals surface area (Å²) >= 11 is 0. The molecular formula is C19H28N2. The highest BCUT2D eigenvalue weighted by atomic mass is 15.2. The second-order valence-corrected chi connectivity index (χ2v) is 7.45. The molecule has 2 aliphatic heterocycles. The molecule has 1 aromatic carbocycles. The van der Waals surface area contributed by atoms with Gasteiger partial charge in [-0.05, 0) is 30.2 Å². The molecule has 4 rings (SSSR count). The van der Waals surface area contributed by atoms with Crippen molar-refractivity contribution in [3.8, 4) is 0 Å². The third-order valence-corrected chi connectivity index (χ3v) is 5.93. The zero-order valence-electron chi connectivity index (χ0n) is 13.1. The quantitative estimate of drug-likeness (QED) is 0.839. The molecule has 0 N–H and O–H groups in total. The minimum atomic E-state index is 0.923. The van der Waals surface area contributed by atoms with Crippen LogP contribution < -0.4 is 0 Å². The van der Waals surface area contributed by atoms with Gasteiger partial charge in [0.05, 0.1) is 0 Å². The Labute approximate surface area is 129 Å². The van der Waals surface area contributed by atoms with E-state index in [1.165, 1.54) is 63.8 Å². The Morgan fingerprint density at radius 2 is 1.48 bits per heavy atom. The molecular weight excluding hydrogens is 256 g/mol. The standard InChI is InChI=1S/C19H28N2/c1-3-7-16(8-4-1)11-20-12-17-14-21(15-18(17)13-20)19-9-5-2-6-10-19/h1,3-4,7-8,17-19H,2,5-6,9-15H2. The van der Waals surface area contributed by atoms with Gasteiger partial charge in [0.15, 0.2) is 0 Å². The van der Waals surface area contributed by atoms with Crippen molar-refractivity contribution in [1.82, 2.24) is 9.80 Å². The molecule has 1 aliphatic carbocycles. The molecule has 114 valence electrons. The number of hydrogen-bond acceptors (Lipinski definition) is 2. The maximum Gasteiger partial charge on any atom is 0.0233 e. The van der Waals surface area contributed by atoms with Gasteiger partial charge in [-0.1, -0.05) is 49.6 Å². The molecule has 0 bridgehead atoms. The number of rotatable bonds is 3. The fourth-order valence-electron chi connectivity index (χ4n) is 4.84. The molecule has 21 heavy (non-hydrogen) atoms. The van der Waals surface area contributed by atoms with Crippen molar-refractivity contribution in [3.05, 3.63) is 35.9 Å². The highest BCUT2D eigenvalue weighted by molar-refractivity contribution is 5.15. The van der Waals surface area contributed by atoms with Gasteiger partial charge in [-0.25, -0.2) is 0 Å². The summed E-state index contributed by atoms with van der Waals surface area (Å²) in [4.78, 5) is 5.53. The molecule has 2 unspecified atom stereocenters. The van der Waals surface area contributed by atoms with Crippen molar-refractivity contribution >= 4 is 0 Å². The van der Waals surface area contributed by atoms with E-state index in [0.29, 0.717) is 0 Å².